The molecule has 1 fully saturated rings. The van der Waals surface area contributed by atoms with Gasteiger partial charge in [-0.3, -0.25) is 9.59 Å². The summed E-state index contributed by atoms with van der Waals surface area (Å²) in [6, 6.07) is 7.58. The van der Waals surface area contributed by atoms with Crippen LogP contribution in [0.15, 0.2) is 24.3 Å². The van der Waals surface area contributed by atoms with Crippen molar-refractivity contribution < 1.29 is 14.7 Å². The lowest BCUT2D eigenvalue weighted by atomic mass is 10.2. The molecule has 6 nitrogen and oxygen atoms in total. The smallest absolute Gasteiger partial charge is 0.312 e. The molecule has 0 aliphatic carbocycles. The summed E-state index contributed by atoms with van der Waals surface area (Å²) >= 11 is 5.99. The maximum absolute atomic E-state index is 12.1. The Morgan fingerprint density at radius 2 is 1.95 bits per heavy atom. The fraction of sp³-hybridized carbons (Fsp3) is 0.467. The molecule has 1 heterocycles. The van der Waals surface area contributed by atoms with Crippen LogP contribution in [0.5, 0.6) is 0 Å². The summed E-state index contributed by atoms with van der Waals surface area (Å²) in [7, 11) is 1.51. The minimum atomic E-state index is -0.578. The first-order valence-corrected chi connectivity index (χ1v) is 7.56. The highest BCUT2D eigenvalue weighted by atomic mass is 35.5. The van der Waals surface area contributed by atoms with E-state index in [1.165, 1.54) is 11.9 Å². The van der Waals surface area contributed by atoms with E-state index in [4.69, 9.17) is 16.7 Å². The highest BCUT2D eigenvalue weighted by Gasteiger charge is 2.28. The fourth-order valence-corrected chi connectivity index (χ4v) is 2.58. The lowest BCUT2D eigenvalue weighted by molar-refractivity contribution is -0.151. The Bertz CT molecular complexity index is 545. The number of likely N-dealkylation sites (N-methyl/N-ethyl adjacent to an activating group) is 1. The van der Waals surface area contributed by atoms with Crippen molar-refractivity contribution in [3.63, 3.8) is 0 Å². The number of aliphatic hydroxyl groups excluding tert-OH is 1. The molecule has 0 bridgehead atoms. The average molecular weight is 326 g/mol. The van der Waals surface area contributed by atoms with E-state index in [1.54, 1.807) is 4.90 Å². The Hall–Kier alpha value is -1.79. The van der Waals surface area contributed by atoms with Gasteiger partial charge in [-0.05, 0) is 18.2 Å². The van der Waals surface area contributed by atoms with Gasteiger partial charge < -0.3 is 19.8 Å². The van der Waals surface area contributed by atoms with Gasteiger partial charge in [-0.15, -0.1) is 0 Å². The van der Waals surface area contributed by atoms with Crippen LogP contribution in [0.25, 0.3) is 0 Å². The number of hydrogen-bond acceptors (Lipinski definition) is 4. The van der Waals surface area contributed by atoms with E-state index in [0.29, 0.717) is 31.2 Å². The number of rotatable bonds is 3. The van der Waals surface area contributed by atoms with Crippen LogP contribution in [-0.4, -0.2) is 73.1 Å². The van der Waals surface area contributed by atoms with Gasteiger partial charge in [-0.1, -0.05) is 17.7 Å². The monoisotopic (exact) mass is 325 g/mol. The van der Waals surface area contributed by atoms with Crippen LogP contribution in [0, 0.1) is 0 Å². The van der Waals surface area contributed by atoms with Gasteiger partial charge >= 0.3 is 11.8 Å². The van der Waals surface area contributed by atoms with Gasteiger partial charge in [0.15, 0.2) is 0 Å². The molecule has 0 spiro atoms. The number of nitrogens with zero attached hydrogens (tertiary/aromatic N) is 3. The van der Waals surface area contributed by atoms with E-state index >= 15 is 0 Å². The van der Waals surface area contributed by atoms with Crippen LogP contribution in [0.2, 0.25) is 5.02 Å². The molecule has 0 atom stereocenters. The van der Waals surface area contributed by atoms with E-state index in [1.807, 2.05) is 24.3 Å². The topological polar surface area (TPSA) is 64.1 Å². The highest BCUT2D eigenvalue weighted by molar-refractivity contribution is 6.34. The summed E-state index contributed by atoms with van der Waals surface area (Å²) in [5.74, 6) is -1.09. The number of anilines is 1. The van der Waals surface area contributed by atoms with E-state index in [0.717, 1.165) is 5.69 Å². The van der Waals surface area contributed by atoms with E-state index in [2.05, 4.69) is 4.90 Å². The molecule has 0 aromatic heterocycles. The highest BCUT2D eigenvalue weighted by Crippen LogP contribution is 2.20. The number of hydrogen-bond donors (Lipinski definition) is 1. The summed E-state index contributed by atoms with van der Waals surface area (Å²) in [5, 5.41) is 9.50. The lowest BCUT2D eigenvalue weighted by Gasteiger charge is -2.36. The number of amides is 2. The second kappa shape index (κ2) is 7.47. The number of aliphatic hydroxyl groups is 1. The SMILES string of the molecule is CN(CCO)C(=O)C(=O)N1CCN(c2cccc(Cl)c2)CC1. The summed E-state index contributed by atoms with van der Waals surface area (Å²) in [6.45, 7) is 2.30. The molecule has 7 heteroatoms. The molecular formula is C15H20ClN3O3. The van der Waals surface area contributed by atoms with Gasteiger partial charge in [0.2, 0.25) is 0 Å². The summed E-state index contributed by atoms with van der Waals surface area (Å²) < 4.78 is 0. The number of carbonyl (C=O) groups is 2. The summed E-state index contributed by atoms with van der Waals surface area (Å²) in [4.78, 5) is 29.0. The van der Waals surface area contributed by atoms with Crippen LogP contribution >= 0.6 is 11.6 Å². The van der Waals surface area contributed by atoms with Gasteiger partial charge in [0.1, 0.15) is 0 Å². The molecule has 0 saturated carbocycles. The summed E-state index contributed by atoms with van der Waals surface area (Å²) in [6.07, 6.45) is 0. The molecular weight excluding hydrogens is 306 g/mol. The van der Waals surface area contributed by atoms with Crippen molar-refractivity contribution in [2.45, 2.75) is 0 Å². The third-order valence-corrected chi connectivity index (χ3v) is 3.94. The summed E-state index contributed by atoms with van der Waals surface area (Å²) in [5.41, 5.74) is 1.02. The maximum Gasteiger partial charge on any atom is 0.312 e. The molecule has 120 valence electrons. The minimum Gasteiger partial charge on any atom is -0.395 e. The van der Waals surface area contributed by atoms with Crippen molar-refractivity contribution in [2.75, 3.05) is 51.3 Å². The Balaban J connectivity index is 1.91. The third-order valence-electron chi connectivity index (χ3n) is 3.71. The molecule has 0 radical (unpaired) electrons. The van der Waals surface area contributed by atoms with Crippen LogP contribution in [0.4, 0.5) is 5.69 Å². The predicted octanol–water partition coefficient (Wildman–Crippen LogP) is 0.439. The van der Waals surface area contributed by atoms with Gasteiger partial charge in [0.25, 0.3) is 0 Å². The standard InChI is InChI=1S/C15H20ClN3O3/c1-17(9-10-20)14(21)15(22)19-7-5-18(6-8-19)13-4-2-3-12(16)11-13/h2-4,11,20H,5-10H2,1H3. The molecule has 2 amide bonds. The molecule has 2 rings (SSSR count). The molecule has 0 unspecified atom stereocenters. The van der Waals surface area contributed by atoms with Gasteiger partial charge in [-0.25, -0.2) is 0 Å². The van der Waals surface area contributed by atoms with Crippen molar-refractivity contribution in [2.24, 2.45) is 0 Å². The van der Waals surface area contributed by atoms with E-state index < -0.39 is 11.8 Å². The fourth-order valence-electron chi connectivity index (χ4n) is 2.39. The van der Waals surface area contributed by atoms with Crippen LogP contribution in [-0.2, 0) is 9.59 Å². The van der Waals surface area contributed by atoms with Crippen molar-refractivity contribution in [1.82, 2.24) is 9.80 Å². The van der Waals surface area contributed by atoms with Crippen LogP contribution in [0.3, 0.4) is 0 Å². The average Bonchev–Trinajstić information content (AvgIpc) is 2.54. The third kappa shape index (κ3) is 3.90. The van der Waals surface area contributed by atoms with Gasteiger partial charge in [0, 0.05) is 50.5 Å². The van der Waals surface area contributed by atoms with Gasteiger partial charge in [-0.2, -0.15) is 0 Å². The van der Waals surface area contributed by atoms with Crippen LogP contribution < -0.4 is 4.90 Å². The molecule has 1 aliphatic heterocycles. The normalized spacial score (nSPS) is 14.9. The van der Waals surface area contributed by atoms with Gasteiger partial charge in [0.05, 0.1) is 6.61 Å². The van der Waals surface area contributed by atoms with E-state index in [9.17, 15) is 9.59 Å². The number of piperazine rings is 1. The first-order valence-electron chi connectivity index (χ1n) is 7.18. The number of halogens is 1. The zero-order valence-electron chi connectivity index (χ0n) is 12.5. The molecule has 1 aromatic carbocycles. The number of benzene rings is 1. The Morgan fingerprint density at radius 1 is 1.27 bits per heavy atom. The Morgan fingerprint density at radius 3 is 2.55 bits per heavy atom. The van der Waals surface area contributed by atoms with Crippen molar-refractivity contribution in [3.05, 3.63) is 29.3 Å². The molecule has 1 aliphatic rings. The molecule has 22 heavy (non-hydrogen) atoms. The van der Waals surface area contributed by atoms with Crippen molar-refractivity contribution in [3.8, 4) is 0 Å². The maximum atomic E-state index is 12.1. The first kappa shape index (κ1) is 16.6. The van der Waals surface area contributed by atoms with E-state index in [-0.39, 0.29) is 13.2 Å². The second-order valence-corrected chi connectivity index (χ2v) is 5.65. The zero-order valence-corrected chi connectivity index (χ0v) is 13.3. The minimum absolute atomic E-state index is 0.155. The Kier molecular flexibility index (Phi) is 5.63. The first-order chi connectivity index (χ1) is 10.5. The molecule has 1 aromatic rings. The quantitative estimate of drug-likeness (QED) is 0.819. The molecule has 1 saturated heterocycles. The predicted molar refractivity (Wildman–Crippen MR) is 85.0 cm³/mol. The van der Waals surface area contributed by atoms with Crippen molar-refractivity contribution in [1.29, 1.82) is 0 Å². The second-order valence-electron chi connectivity index (χ2n) is 5.21. The Labute approximate surface area is 134 Å². The lowest BCUT2D eigenvalue weighted by Crippen LogP contribution is -2.53. The van der Waals surface area contributed by atoms with Crippen molar-refractivity contribution >= 4 is 29.1 Å². The largest absolute Gasteiger partial charge is 0.395 e. The number of carbonyl (C=O) groups excluding carboxylic acids is 2. The molecule has 1 N–H and O–H groups in total. The zero-order chi connectivity index (χ0) is 16.1. The van der Waals surface area contributed by atoms with Crippen LogP contribution in [0.1, 0.15) is 0 Å².